The van der Waals surface area contributed by atoms with Gasteiger partial charge in [0.25, 0.3) is 0 Å². The predicted octanol–water partition coefficient (Wildman–Crippen LogP) is 5.78. The Morgan fingerprint density at radius 3 is 2.56 bits per heavy atom. The van der Waals surface area contributed by atoms with Gasteiger partial charge in [-0.1, -0.05) is 67.4 Å². The van der Waals surface area contributed by atoms with Crippen LogP contribution in [0.15, 0.2) is 60.7 Å². The topological polar surface area (TPSA) is 50.2 Å². The van der Waals surface area contributed by atoms with Gasteiger partial charge < -0.3 is 5.32 Å². The molecule has 5 nitrogen and oxygen atoms in total. The van der Waals surface area contributed by atoms with Gasteiger partial charge in [-0.2, -0.15) is 5.10 Å². The van der Waals surface area contributed by atoms with Gasteiger partial charge in [0.15, 0.2) is 0 Å². The molecule has 0 radical (unpaired) electrons. The smallest absolute Gasteiger partial charge is 0.234 e. The lowest BCUT2D eigenvalue weighted by Crippen LogP contribution is -2.39. The van der Waals surface area contributed by atoms with E-state index in [-0.39, 0.29) is 5.91 Å². The number of nitrogens with one attached hydrogen (secondary N) is 1. The van der Waals surface area contributed by atoms with Gasteiger partial charge in [-0.05, 0) is 60.2 Å². The van der Waals surface area contributed by atoms with Crippen molar-refractivity contribution in [3.8, 4) is 5.69 Å². The number of carbonyl (C=O) groups is 1. The zero-order valence-electron chi connectivity index (χ0n) is 19.6. The van der Waals surface area contributed by atoms with Crippen LogP contribution in [-0.2, 0) is 17.8 Å². The Kier molecular flexibility index (Phi) is 8.09. The highest BCUT2D eigenvalue weighted by molar-refractivity contribution is 6.42. The summed E-state index contributed by atoms with van der Waals surface area (Å²) in [6.45, 7) is 6.73. The molecule has 1 amide bonds. The van der Waals surface area contributed by atoms with Crippen LogP contribution in [0.1, 0.15) is 37.2 Å². The van der Waals surface area contributed by atoms with Crippen LogP contribution in [0.5, 0.6) is 0 Å². The molecular weight excluding hydrogens is 467 g/mol. The lowest BCUT2D eigenvalue weighted by molar-refractivity contribution is -0.122. The molecule has 1 N–H and O–H groups in total. The van der Waals surface area contributed by atoms with Crippen LogP contribution >= 0.6 is 23.2 Å². The molecule has 0 saturated heterocycles. The summed E-state index contributed by atoms with van der Waals surface area (Å²) >= 11 is 12.2. The summed E-state index contributed by atoms with van der Waals surface area (Å²) in [6.07, 6.45) is 3.96. The van der Waals surface area contributed by atoms with E-state index in [0.29, 0.717) is 29.1 Å². The monoisotopic (exact) mass is 496 g/mol. The van der Waals surface area contributed by atoms with Crippen LogP contribution in [0.25, 0.3) is 11.3 Å². The van der Waals surface area contributed by atoms with Crippen molar-refractivity contribution in [3.63, 3.8) is 0 Å². The van der Waals surface area contributed by atoms with Crippen molar-refractivity contribution in [1.29, 1.82) is 0 Å². The number of carbonyl (C=O) groups excluding carboxylic acids is 1. The Balaban J connectivity index is 1.33. The summed E-state index contributed by atoms with van der Waals surface area (Å²) in [5.41, 5.74) is 5.38. The highest BCUT2D eigenvalue weighted by Crippen LogP contribution is 2.29. The zero-order chi connectivity index (χ0) is 24.1. The van der Waals surface area contributed by atoms with Crippen LogP contribution in [-0.4, -0.2) is 40.2 Å². The minimum atomic E-state index is 0.00561. The molecule has 2 aromatic carbocycles. The lowest BCUT2D eigenvalue weighted by Gasteiger charge is -2.26. The first-order valence-corrected chi connectivity index (χ1v) is 12.4. The molecule has 0 atom stereocenters. The number of rotatable bonds is 8. The fourth-order valence-corrected chi connectivity index (χ4v) is 4.48. The fourth-order valence-electron chi connectivity index (χ4n) is 4.18. The van der Waals surface area contributed by atoms with E-state index in [1.54, 1.807) is 0 Å². The van der Waals surface area contributed by atoms with E-state index in [2.05, 4.69) is 48.3 Å². The van der Waals surface area contributed by atoms with E-state index in [0.717, 1.165) is 48.6 Å². The molecule has 1 aliphatic heterocycles. The van der Waals surface area contributed by atoms with Gasteiger partial charge in [-0.3, -0.25) is 9.69 Å². The maximum absolute atomic E-state index is 12.6. The normalized spacial score (nSPS) is 14.3. The third-order valence-corrected chi connectivity index (χ3v) is 6.61. The number of hydrogen-bond donors (Lipinski definition) is 1. The molecule has 1 aromatic heterocycles. The van der Waals surface area contributed by atoms with E-state index >= 15 is 0 Å². The van der Waals surface area contributed by atoms with Gasteiger partial charge >= 0.3 is 0 Å². The molecule has 2 heterocycles. The molecule has 0 fully saturated rings. The molecule has 0 saturated carbocycles. The SMILES string of the molecule is CC(C)Cc1cc(CNC(=O)CN2CC=C(c3ccc(Cl)c(Cl)c3)CC2)nn1-c1ccccc1. The Hall–Kier alpha value is -2.60. The quantitative estimate of drug-likeness (QED) is 0.429. The van der Waals surface area contributed by atoms with E-state index in [1.165, 1.54) is 5.57 Å². The average molecular weight is 497 g/mol. The summed E-state index contributed by atoms with van der Waals surface area (Å²) in [7, 11) is 0. The number of nitrogens with zero attached hydrogens (tertiary/aromatic N) is 3. The van der Waals surface area contributed by atoms with E-state index in [4.69, 9.17) is 28.3 Å². The van der Waals surface area contributed by atoms with Gasteiger partial charge in [0.1, 0.15) is 0 Å². The van der Waals surface area contributed by atoms with E-state index in [1.807, 2.05) is 41.1 Å². The number of halogens is 2. The van der Waals surface area contributed by atoms with Gasteiger partial charge in [0.2, 0.25) is 5.91 Å². The molecule has 0 aliphatic carbocycles. The molecule has 4 rings (SSSR count). The van der Waals surface area contributed by atoms with E-state index < -0.39 is 0 Å². The van der Waals surface area contributed by atoms with Crippen molar-refractivity contribution in [3.05, 3.63) is 87.7 Å². The number of hydrogen-bond acceptors (Lipinski definition) is 3. The van der Waals surface area contributed by atoms with E-state index in [9.17, 15) is 4.79 Å². The molecular formula is C27H30Cl2N4O. The highest BCUT2D eigenvalue weighted by atomic mass is 35.5. The first-order valence-electron chi connectivity index (χ1n) is 11.7. The molecule has 178 valence electrons. The second kappa shape index (κ2) is 11.2. The number of aromatic nitrogens is 2. The van der Waals surface area contributed by atoms with Gasteiger partial charge in [0, 0.05) is 18.8 Å². The maximum Gasteiger partial charge on any atom is 0.234 e. The van der Waals surface area contributed by atoms with Crippen molar-refractivity contribution in [2.75, 3.05) is 19.6 Å². The standard InChI is InChI=1S/C27H30Cl2N4O/c1-19(2)14-24-16-22(31-33(24)23-6-4-3-5-7-23)17-30-27(34)18-32-12-10-20(11-13-32)21-8-9-25(28)26(29)15-21/h3-10,15-16,19H,11-14,17-18H2,1-2H3,(H,30,34). The molecule has 3 aromatic rings. The highest BCUT2D eigenvalue weighted by Gasteiger charge is 2.17. The van der Waals surface area contributed by atoms with Gasteiger partial charge in [-0.15, -0.1) is 0 Å². The predicted molar refractivity (Wildman–Crippen MR) is 139 cm³/mol. The fraction of sp³-hybridized carbons (Fsp3) is 0.333. The molecule has 7 heteroatoms. The van der Waals surface area contributed by atoms with Crippen molar-refractivity contribution in [2.45, 2.75) is 33.2 Å². The first-order chi connectivity index (χ1) is 16.4. The zero-order valence-corrected chi connectivity index (χ0v) is 21.1. The van der Waals surface area contributed by atoms with Crippen LogP contribution < -0.4 is 5.32 Å². The maximum atomic E-state index is 12.6. The van der Waals surface area contributed by atoms with Crippen LogP contribution in [0.4, 0.5) is 0 Å². The molecule has 0 unspecified atom stereocenters. The molecule has 0 bridgehead atoms. The third kappa shape index (κ3) is 6.29. The number of benzene rings is 2. The van der Waals surface area contributed by atoms with Crippen LogP contribution in [0, 0.1) is 5.92 Å². The summed E-state index contributed by atoms with van der Waals surface area (Å²) < 4.78 is 1.99. The summed E-state index contributed by atoms with van der Waals surface area (Å²) in [5, 5.41) is 8.93. The second-order valence-electron chi connectivity index (χ2n) is 9.09. The lowest BCUT2D eigenvalue weighted by atomic mass is 9.99. The number of amides is 1. The minimum absolute atomic E-state index is 0.00561. The Labute approximate surface area is 211 Å². The Morgan fingerprint density at radius 2 is 1.88 bits per heavy atom. The third-order valence-electron chi connectivity index (χ3n) is 5.87. The minimum Gasteiger partial charge on any atom is -0.349 e. The molecule has 0 spiro atoms. The molecule has 1 aliphatic rings. The van der Waals surface area contributed by atoms with Crippen molar-refractivity contribution < 1.29 is 4.79 Å². The van der Waals surface area contributed by atoms with Crippen molar-refractivity contribution in [2.24, 2.45) is 5.92 Å². The molecule has 34 heavy (non-hydrogen) atoms. The summed E-state index contributed by atoms with van der Waals surface area (Å²) in [5.74, 6) is 0.522. The van der Waals surface area contributed by atoms with Crippen molar-refractivity contribution >= 4 is 34.7 Å². The Morgan fingerprint density at radius 1 is 1.09 bits per heavy atom. The van der Waals surface area contributed by atoms with Crippen LogP contribution in [0.3, 0.4) is 0 Å². The van der Waals surface area contributed by atoms with Gasteiger partial charge in [0.05, 0.1) is 34.5 Å². The Bertz CT molecular complexity index is 1170. The summed E-state index contributed by atoms with van der Waals surface area (Å²) in [4.78, 5) is 14.8. The first kappa shape index (κ1) is 24.5. The van der Waals surface area contributed by atoms with Gasteiger partial charge in [-0.25, -0.2) is 4.68 Å². The van der Waals surface area contributed by atoms with Crippen molar-refractivity contribution in [1.82, 2.24) is 20.0 Å². The summed E-state index contributed by atoms with van der Waals surface area (Å²) in [6, 6.07) is 17.9. The number of para-hydroxylation sites is 1. The largest absolute Gasteiger partial charge is 0.349 e. The van der Waals surface area contributed by atoms with Crippen LogP contribution in [0.2, 0.25) is 10.0 Å². The average Bonchev–Trinajstić information content (AvgIpc) is 3.22. The second-order valence-corrected chi connectivity index (χ2v) is 9.91.